The number of pyridine rings is 1. The van der Waals surface area contributed by atoms with E-state index >= 15 is 0 Å². The third-order valence-electron chi connectivity index (χ3n) is 4.46. The molecule has 0 aliphatic carbocycles. The summed E-state index contributed by atoms with van der Waals surface area (Å²) >= 11 is 0. The highest BCUT2D eigenvalue weighted by molar-refractivity contribution is 5.93. The van der Waals surface area contributed by atoms with Gasteiger partial charge in [-0.15, -0.1) is 0 Å². The van der Waals surface area contributed by atoms with Crippen LogP contribution in [0.1, 0.15) is 29.0 Å². The minimum Gasteiger partial charge on any atom is -0.357 e. The van der Waals surface area contributed by atoms with E-state index in [0.29, 0.717) is 18.7 Å². The normalized spacial score (nSPS) is 20.7. The van der Waals surface area contributed by atoms with Crippen molar-refractivity contribution < 1.29 is 9.59 Å². The maximum absolute atomic E-state index is 12.8. The van der Waals surface area contributed by atoms with Gasteiger partial charge in [-0.3, -0.25) is 14.3 Å². The van der Waals surface area contributed by atoms with Crippen molar-refractivity contribution >= 4 is 11.8 Å². The van der Waals surface area contributed by atoms with E-state index in [9.17, 15) is 9.59 Å². The fraction of sp³-hybridized carbons (Fsp3) is 0.412. The van der Waals surface area contributed by atoms with Gasteiger partial charge in [-0.25, -0.2) is 4.98 Å². The Kier molecular flexibility index (Phi) is 4.33. The number of nitrogens with zero attached hydrogens (tertiary/aromatic N) is 4. The second kappa shape index (κ2) is 6.43. The molecule has 3 rings (SSSR count). The molecule has 2 amide bonds. The van der Waals surface area contributed by atoms with Crippen LogP contribution in [0, 0.1) is 6.92 Å². The third kappa shape index (κ3) is 2.77. The van der Waals surface area contributed by atoms with Crippen molar-refractivity contribution in [2.75, 3.05) is 20.1 Å². The summed E-state index contributed by atoms with van der Waals surface area (Å²) in [6.45, 7) is 2.74. The molecule has 3 heterocycles. The molecule has 1 fully saturated rings. The van der Waals surface area contributed by atoms with E-state index in [2.05, 4.69) is 15.4 Å². The number of carbonyl (C=O) groups excluding carboxylic acids is 2. The average Bonchev–Trinajstić information content (AvgIpc) is 3.15. The summed E-state index contributed by atoms with van der Waals surface area (Å²) in [7, 11) is 1.61. The van der Waals surface area contributed by atoms with Gasteiger partial charge in [-0.05, 0) is 38.0 Å². The zero-order valence-corrected chi connectivity index (χ0v) is 13.9. The van der Waals surface area contributed by atoms with E-state index in [4.69, 9.17) is 0 Å². The van der Waals surface area contributed by atoms with Gasteiger partial charge in [0.15, 0.2) is 5.54 Å². The fourth-order valence-corrected chi connectivity index (χ4v) is 3.26. The molecule has 0 saturated carbocycles. The summed E-state index contributed by atoms with van der Waals surface area (Å²) in [5.74, 6) is -0.292. The van der Waals surface area contributed by atoms with Gasteiger partial charge >= 0.3 is 0 Å². The fourth-order valence-electron chi connectivity index (χ4n) is 3.26. The molecule has 1 atom stereocenters. The van der Waals surface area contributed by atoms with Crippen molar-refractivity contribution in [3.8, 4) is 0 Å². The topological polar surface area (TPSA) is 80.1 Å². The second-order valence-electron chi connectivity index (χ2n) is 6.06. The summed E-state index contributed by atoms with van der Waals surface area (Å²) in [6.07, 6.45) is 4.78. The molecular weight excluding hydrogens is 306 g/mol. The van der Waals surface area contributed by atoms with Gasteiger partial charge in [0.05, 0.1) is 6.54 Å². The number of likely N-dealkylation sites (tertiary alicyclic amines) is 1. The molecule has 0 bridgehead atoms. The SMILES string of the molecule is CNC(=O)C1(n2cccn2)CCCN(C(=O)c2cccc(C)n2)C1. The monoisotopic (exact) mass is 327 g/mol. The van der Waals surface area contributed by atoms with E-state index < -0.39 is 5.54 Å². The Bertz CT molecular complexity index is 743. The lowest BCUT2D eigenvalue weighted by atomic mass is 9.87. The van der Waals surface area contributed by atoms with Gasteiger partial charge in [0.25, 0.3) is 5.91 Å². The van der Waals surface area contributed by atoms with Crippen molar-refractivity contribution in [3.05, 3.63) is 48.0 Å². The predicted octanol–water partition coefficient (Wildman–Crippen LogP) is 0.964. The van der Waals surface area contributed by atoms with E-state index in [1.807, 2.05) is 19.1 Å². The number of piperidine rings is 1. The second-order valence-corrected chi connectivity index (χ2v) is 6.06. The number of nitrogens with one attached hydrogen (secondary N) is 1. The lowest BCUT2D eigenvalue weighted by Crippen LogP contribution is -2.59. The molecule has 0 spiro atoms. The van der Waals surface area contributed by atoms with Crippen LogP contribution in [0.2, 0.25) is 0 Å². The van der Waals surface area contributed by atoms with Crippen LogP contribution in [0.25, 0.3) is 0 Å². The largest absolute Gasteiger partial charge is 0.357 e. The summed E-state index contributed by atoms with van der Waals surface area (Å²) in [4.78, 5) is 31.4. The van der Waals surface area contributed by atoms with Crippen LogP contribution >= 0.6 is 0 Å². The first-order chi connectivity index (χ1) is 11.6. The van der Waals surface area contributed by atoms with Crippen LogP contribution in [0.5, 0.6) is 0 Å². The smallest absolute Gasteiger partial charge is 0.272 e. The minimum atomic E-state index is -0.879. The van der Waals surface area contributed by atoms with Gasteiger partial charge in [0, 0.05) is 31.7 Å². The van der Waals surface area contributed by atoms with Crippen molar-refractivity contribution in [1.82, 2.24) is 25.0 Å². The number of aryl methyl sites for hydroxylation is 1. The van der Waals surface area contributed by atoms with Gasteiger partial charge in [0.1, 0.15) is 5.69 Å². The molecule has 126 valence electrons. The Morgan fingerprint density at radius 1 is 1.29 bits per heavy atom. The average molecular weight is 327 g/mol. The molecule has 2 aromatic rings. The molecule has 1 saturated heterocycles. The number of amides is 2. The summed E-state index contributed by atoms with van der Waals surface area (Å²) in [5, 5.41) is 6.98. The molecule has 1 aliphatic rings. The predicted molar refractivity (Wildman–Crippen MR) is 88.4 cm³/mol. The van der Waals surface area contributed by atoms with Gasteiger partial charge in [0.2, 0.25) is 5.91 Å². The molecule has 0 aromatic carbocycles. The van der Waals surface area contributed by atoms with Crippen molar-refractivity contribution in [2.45, 2.75) is 25.3 Å². The van der Waals surface area contributed by atoms with Crippen molar-refractivity contribution in [3.63, 3.8) is 0 Å². The maximum Gasteiger partial charge on any atom is 0.272 e. The quantitative estimate of drug-likeness (QED) is 0.911. The number of rotatable bonds is 3. The highest BCUT2D eigenvalue weighted by atomic mass is 16.2. The van der Waals surface area contributed by atoms with Crippen LogP contribution < -0.4 is 5.32 Å². The Morgan fingerprint density at radius 2 is 2.12 bits per heavy atom. The van der Waals surface area contributed by atoms with Gasteiger partial charge < -0.3 is 10.2 Å². The van der Waals surface area contributed by atoms with E-state index in [1.165, 1.54) is 0 Å². The Labute approximate surface area is 140 Å². The molecule has 1 unspecified atom stereocenters. The van der Waals surface area contributed by atoms with Crippen molar-refractivity contribution in [2.24, 2.45) is 0 Å². The molecule has 2 aromatic heterocycles. The molecule has 1 aliphatic heterocycles. The minimum absolute atomic E-state index is 0.138. The Balaban J connectivity index is 1.92. The van der Waals surface area contributed by atoms with E-state index in [1.54, 1.807) is 41.2 Å². The maximum atomic E-state index is 12.8. The first kappa shape index (κ1) is 16.2. The van der Waals surface area contributed by atoms with Crippen LogP contribution in [0.4, 0.5) is 0 Å². The highest BCUT2D eigenvalue weighted by Gasteiger charge is 2.45. The molecule has 7 heteroatoms. The number of aromatic nitrogens is 3. The summed E-state index contributed by atoms with van der Waals surface area (Å²) in [5.41, 5.74) is 0.321. The van der Waals surface area contributed by atoms with Crippen molar-refractivity contribution in [1.29, 1.82) is 0 Å². The Morgan fingerprint density at radius 3 is 2.79 bits per heavy atom. The van der Waals surface area contributed by atoms with Gasteiger partial charge in [-0.1, -0.05) is 6.07 Å². The molecule has 0 radical (unpaired) electrons. The standard InChI is InChI=1S/C17H21N5O2/c1-13-6-3-7-14(20-13)15(23)21-10-4-8-17(12-21,16(24)18-2)22-11-5-9-19-22/h3,5-7,9,11H,4,8,10,12H2,1-2H3,(H,18,24). The zero-order valence-electron chi connectivity index (χ0n) is 13.9. The highest BCUT2D eigenvalue weighted by Crippen LogP contribution is 2.29. The van der Waals surface area contributed by atoms with Crippen LogP contribution in [-0.4, -0.2) is 51.6 Å². The summed E-state index contributed by atoms with van der Waals surface area (Å²) < 4.78 is 1.66. The first-order valence-corrected chi connectivity index (χ1v) is 8.02. The number of likely N-dealkylation sites (N-methyl/N-ethyl adjacent to an activating group) is 1. The first-order valence-electron chi connectivity index (χ1n) is 8.02. The van der Waals surface area contributed by atoms with E-state index in [0.717, 1.165) is 12.1 Å². The molecule has 1 N–H and O–H groups in total. The van der Waals surface area contributed by atoms with Gasteiger partial charge in [-0.2, -0.15) is 5.10 Å². The van der Waals surface area contributed by atoms with Crippen LogP contribution in [0.15, 0.2) is 36.7 Å². The lowest BCUT2D eigenvalue weighted by molar-refractivity contribution is -0.132. The van der Waals surface area contributed by atoms with E-state index in [-0.39, 0.29) is 18.4 Å². The number of hydrogen-bond acceptors (Lipinski definition) is 4. The number of carbonyl (C=O) groups is 2. The number of hydrogen-bond donors (Lipinski definition) is 1. The van der Waals surface area contributed by atoms with Crippen LogP contribution in [-0.2, 0) is 10.3 Å². The third-order valence-corrected chi connectivity index (χ3v) is 4.46. The lowest BCUT2D eigenvalue weighted by Gasteiger charge is -2.41. The zero-order chi connectivity index (χ0) is 17.2. The molecule has 7 nitrogen and oxygen atoms in total. The molecule has 24 heavy (non-hydrogen) atoms. The molecular formula is C17H21N5O2. The van der Waals surface area contributed by atoms with Crippen LogP contribution in [0.3, 0.4) is 0 Å². The summed E-state index contributed by atoms with van der Waals surface area (Å²) in [6, 6.07) is 7.16. The Hall–Kier alpha value is -2.70.